The van der Waals surface area contributed by atoms with Gasteiger partial charge in [0.15, 0.2) is 8.32 Å². The molecule has 128 valence electrons. The lowest BCUT2D eigenvalue weighted by Gasteiger charge is -2.48. The Hall–Kier alpha value is -0.673. The van der Waals surface area contributed by atoms with E-state index >= 15 is 0 Å². The van der Waals surface area contributed by atoms with Crippen LogP contribution in [0.2, 0.25) is 18.1 Å². The predicted molar refractivity (Wildman–Crippen MR) is 97.7 cm³/mol. The minimum Gasteiger partial charge on any atom is -0.413 e. The van der Waals surface area contributed by atoms with Crippen LogP contribution in [0, 0.1) is 29.6 Å². The van der Waals surface area contributed by atoms with Crippen molar-refractivity contribution < 1.29 is 9.22 Å². The van der Waals surface area contributed by atoms with Gasteiger partial charge in [0, 0.05) is 18.3 Å². The molecular formula is C20H32O2Si. The van der Waals surface area contributed by atoms with Crippen LogP contribution in [0.1, 0.15) is 40.0 Å². The van der Waals surface area contributed by atoms with Gasteiger partial charge in [0.25, 0.3) is 0 Å². The summed E-state index contributed by atoms with van der Waals surface area (Å²) in [4.78, 5) is 12.7. The molecule has 23 heavy (non-hydrogen) atoms. The van der Waals surface area contributed by atoms with E-state index in [0.29, 0.717) is 35.9 Å². The van der Waals surface area contributed by atoms with Crippen LogP contribution in [0.25, 0.3) is 0 Å². The second kappa shape index (κ2) is 5.70. The molecule has 3 rings (SSSR count). The van der Waals surface area contributed by atoms with E-state index in [1.165, 1.54) is 6.42 Å². The third kappa shape index (κ3) is 2.80. The smallest absolute Gasteiger partial charge is 0.192 e. The summed E-state index contributed by atoms with van der Waals surface area (Å²) in [5.74, 6) is 2.46. The highest BCUT2D eigenvalue weighted by Crippen LogP contribution is 2.56. The highest BCUT2D eigenvalue weighted by atomic mass is 28.4. The average Bonchev–Trinajstić information content (AvgIpc) is 3.03. The van der Waals surface area contributed by atoms with Crippen LogP contribution in [0.3, 0.4) is 0 Å². The Morgan fingerprint density at radius 3 is 2.57 bits per heavy atom. The molecule has 0 aliphatic heterocycles. The minimum absolute atomic E-state index is 0.205. The Morgan fingerprint density at radius 2 is 1.96 bits per heavy atom. The molecule has 3 heteroatoms. The van der Waals surface area contributed by atoms with Crippen LogP contribution < -0.4 is 0 Å². The molecule has 0 N–H and O–H groups in total. The molecule has 0 spiro atoms. The largest absolute Gasteiger partial charge is 0.413 e. The van der Waals surface area contributed by atoms with Crippen molar-refractivity contribution in [2.75, 3.05) is 0 Å². The molecule has 2 saturated carbocycles. The third-order valence-corrected chi connectivity index (χ3v) is 11.4. The molecule has 0 aromatic heterocycles. The van der Waals surface area contributed by atoms with Gasteiger partial charge in [-0.1, -0.05) is 39.0 Å². The SMILES string of the molecule is C=CC[C@@H]1CC(=O)[C@@H]2[C@H]([C@H]1O[Si](C)(C)C(C)(C)C)[C@@H]1C=C[C@H]2C1. The lowest BCUT2D eigenvalue weighted by molar-refractivity contribution is -0.134. The Labute approximate surface area is 142 Å². The first-order valence-corrected chi connectivity index (χ1v) is 12.1. The van der Waals surface area contributed by atoms with Gasteiger partial charge >= 0.3 is 0 Å². The molecule has 0 radical (unpaired) electrons. The molecule has 0 unspecified atom stereocenters. The second-order valence-electron chi connectivity index (χ2n) is 9.35. The summed E-state index contributed by atoms with van der Waals surface area (Å²) < 4.78 is 6.93. The Kier molecular flexibility index (Phi) is 4.25. The lowest BCUT2D eigenvalue weighted by atomic mass is 9.66. The van der Waals surface area contributed by atoms with Gasteiger partial charge in [0.1, 0.15) is 5.78 Å². The van der Waals surface area contributed by atoms with Crippen molar-refractivity contribution in [3.05, 3.63) is 24.8 Å². The molecule has 6 atom stereocenters. The van der Waals surface area contributed by atoms with E-state index in [0.717, 1.165) is 6.42 Å². The number of rotatable bonds is 4. The predicted octanol–water partition coefficient (Wildman–Crippen LogP) is 4.98. The average molecular weight is 333 g/mol. The minimum atomic E-state index is -1.84. The van der Waals surface area contributed by atoms with Crippen LogP contribution in [-0.4, -0.2) is 20.2 Å². The van der Waals surface area contributed by atoms with Crippen molar-refractivity contribution in [2.24, 2.45) is 29.6 Å². The molecule has 0 aromatic rings. The molecule has 2 nitrogen and oxygen atoms in total. The Bertz CT molecular complexity index is 528. The van der Waals surface area contributed by atoms with Crippen LogP contribution >= 0.6 is 0 Å². The molecular weight excluding hydrogens is 300 g/mol. The van der Waals surface area contributed by atoms with Crippen LogP contribution in [0.5, 0.6) is 0 Å². The zero-order valence-corrected chi connectivity index (χ0v) is 16.3. The Balaban J connectivity index is 1.91. The summed E-state index contributed by atoms with van der Waals surface area (Å²) in [6.45, 7) is 15.5. The zero-order valence-electron chi connectivity index (χ0n) is 15.3. The first-order valence-electron chi connectivity index (χ1n) is 9.15. The monoisotopic (exact) mass is 332 g/mol. The molecule has 0 saturated heterocycles. The maximum Gasteiger partial charge on any atom is 0.192 e. The van der Waals surface area contributed by atoms with Gasteiger partial charge < -0.3 is 4.43 Å². The van der Waals surface area contributed by atoms with Crippen molar-refractivity contribution in [1.82, 2.24) is 0 Å². The number of hydrogen-bond donors (Lipinski definition) is 0. The molecule has 3 aliphatic rings. The number of carbonyl (C=O) groups excluding carboxylic acids is 1. The van der Waals surface area contributed by atoms with Gasteiger partial charge in [-0.3, -0.25) is 4.79 Å². The van der Waals surface area contributed by atoms with Crippen molar-refractivity contribution in [1.29, 1.82) is 0 Å². The van der Waals surface area contributed by atoms with E-state index < -0.39 is 8.32 Å². The molecule has 2 fully saturated rings. The fraction of sp³-hybridized carbons (Fsp3) is 0.750. The number of hydrogen-bond acceptors (Lipinski definition) is 2. The van der Waals surface area contributed by atoms with E-state index in [4.69, 9.17) is 4.43 Å². The second-order valence-corrected chi connectivity index (χ2v) is 14.1. The molecule has 0 amide bonds. The van der Waals surface area contributed by atoms with Gasteiger partial charge in [-0.2, -0.15) is 0 Å². The van der Waals surface area contributed by atoms with Gasteiger partial charge in [0.05, 0.1) is 6.10 Å². The van der Waals surface area contributed by atoms with Gasteiger partial charge in [-0.25, -0.2) is 0 Å². The standard InChI is InChI=1S/C20H32O2Si/c1-7-8-15-12-16(21)17-13-9-10-14(11-13)18(17)19(15)22-23(5,6)20(2,3)4/h7,9-10,13-15,17-19H,1,8,11-12H2,2-6H3/t13-,14+,15+,17+,18+,19-/m0/s1. The normalized spacial score (nSPS) is 39.6. The summed E-state index contributed by atoms with van der Waals surface area (Å²) in [5.41, 5.74) is 0. The highest BCUT2D eigenvalue weighted by molar-refractivity contribution is 6.74. The first kappa shape index (κ1) is 17.2. The number of carbonyl (C=O) groups is 1. The number of ketones is 1. The van der Waals surface area contributed by atoms with E-state index in [9.17, 15) is 4.79 Å². The Morgan fingerprint density at radius 1 is 1.30 bits per heavy atom. The van der Waals surface area contributed by atoms with E-state index in [1.54, 1.807) is 0 Å². The summed E-state index contributed by atoms with van der Waals surface area (Å²) in [6.07, 6.45) is 9.61. The molecule has 0 aromatic carbocycles. The van der Waals surface area contributed by atoms with Crippen molar-refractivity contribution in [3.63, 3.8) is 0 Å². The van der Waals surface area contributed by atoms with Crippen LogP contribution in [0.4, 0.5) is 0 Å². The van der Waals surface area contributed by atoms with Crippen molar-refractivity contribution in [3.8, 4) is 0 Å². The summed E-state index contributed by atoms with van der Waals surface area (Å²) in [5, 5.41) is 0.205. The summed E-state index contributed by atoms with van der Waals surface area (Å²) in [6, 6.07) is 0. The lowest BCUT2D eigenvalue weighted by Crippen LogP contribution is -2.53. The van der Waals surface area contributed by atoms with Crippen molar-refractivity contribution in [2.45, 2.75) is 64.3 Å². The quantitative estimate of drug-likeness (QED) is 0.536. The third-order valence-electron chi connectivity index (χ3n) is 6.91. The summed E-state index contributed by atoms with van der Waals surface area (Å²) in [7, 11) is -1.84. The zero-order chi connectivity index (χ0) is 17.0. The number of allylic oxidation sites excluding steroid dienone is 3. The summed E-state index contributed by atoms with van der Waals surface area (Å²) >= 11 is 0. The number of Topliss-reactive ketones (excluding diaryl/α,β-unsaturated/α-hetero) is 1. The van der Waals surface area contributed by atoms with Crippen molar-refractivity contribution >= 4 is 14.1 Å². The first-order chi connectivity index (χ1) is 10.7. The number of fused-ring (bicyclic) bond motifs is 5. The topological polar surface area (TPSA) is 26.3 Å². The van der Waals surface area contributed by atoms with Gasteiger partial charge in [-0.05, 0) is 48.7 Å². The van der Waals surface area contributed by atoms with Gasteiger partial charge in [0.2, 0.25) is 0 Å². The fourth-order valence-corrected chi connectivity index (χ4v) is 6.09. The van der Waals surface area contributed by atoms with Crippen LogP contribution in [0.15, 0.2) is 24.8 Å². The molecule has 3 aliphatic carbocycles. The molecule has 0 heterocycles. The maximum atomic E-state index is 12.7. The molecule has 2 bridgehead atoms. The fourth-order valence-electron chi connectivity index (χ4n) is 4.71. The van der Waals surface area contributed by atoms with Gasteiger partial charge in [-0.15, -0.1) is 6.58 Å². The van der Waals surface area contributed by atoms with E-state index in [-0.39, 0.29) is 17.1 Å². The highest BCUT2D eigenvalue weighted by Gasteiger charge is 2.57. The van der Waals surface area contributed by atoms with E-state index in [2.05, 4.69) is 52.6 Å². The maximum absolute atomic E-state index is 12.7. The van der Waals surface area contributed by atoms with Crippen LogP contribution in [-0.2, 0) is 9.22 Å². The van der Waals surface area contributed by atoms with E-state index in [1.807, 2.05) is 6.08 Å².